The Morgan fingerprint density at radius 2 is 1.80 bits per heavy atom. The highest BCUT2D eigenvalue weighted by Crippen LogP contribution is 2.33. The Bertz CT molecular complexity index is 614. The van der Waals surface area contributed by atoms with E-state index in [0.717, 1.165) is 17.7 Å². The largest absolute Gasteiger partial charge is 0.416 e. The molecular weight excluding hydrogens is 355 g/mol. The molecule has 0 radical (unpaired) electrons. The third-order valence-electron chi connectivity index (χ3n) is 2.67. The minimum atomic E-state index is -4.37. The topological polar surface area (TPSA) is 12.0 Å². The summed E-state index contributed by atoms with van der Waals surface area (Å²) in [5.41, 5.74) is 0.503. The van der Waals surface area contributed by atoms with Gasteiger partial charge in [-0.1, -0.05) is 45.7 Å². The maximum atomic E-state index is 12.7. The van der Waals surface area contributed by atoms with Crippen molar-refractivity contribution in [3.8, 4) is 0 Å². The summed E-state index contributed by atoms with van der Waals surface area (Å²) in [6, 6.07) is 10.9. The van der Waals surface area contributed by atoms with Gasteiger partial charge in [-0.3, -0.25) is 0 Å². The van der Waals surface area contributed by atoms with Crippen LogP contribution in [-0.2, 0) is 12.7 Å². The Morgan fingerprint density at radius 3 is 2.45 bits per heavy atom. The number of halogens is 5. The van der Waals surface area contributed by atoms with Crippen LogP contribution in [0.25, 0.3) is 0 Å². The molecule has 6 heteroatoms. The number of anilines is 1. The van der Waals surface area contributed by atoms with E-state index in [2.05, 4.69) is 21.2 Å². The van der Waals surface area contributed by atoms with Crippen molar-refractivity contribution in [3.05, 3.63) is 63.1 Å². The fourth-order valence-electron chi connectivity index (χ4n) is 1.69. The second-order valence-electron chi connectivity index (χ2n) is 4.17. The van der Waals surface area contributed by atoms with Crippen LogP contribution in [0.1, 0.15) is 11.1 Å². The summed E-state index contributed by atoms with van der Waals surface area (Å²) in [7, 11) is 0. The van der Waals surface area contributed by atoms with Gasteiger partial charge in [0.05, 0.1) is 5.56 Å². The molecule has 0 saturated heterocycles. The molecule has 0 aromatic heterocycles. The minimum Gasteiger partial charge on any atom is -0.381 e. The Hall–Kier alpha value is -1.20. The van der Waals surface area contributed by atoms with E-state index in [4.69, 9.17) is 11.6 Å². The van der Waals surface area contributed by atoms with E-state index in [-0.39, 0.29) is 0 Å². The lowest BCUT2D eigenvalue weighted by molar-refractivity contribution is -0.137. The maximum Gasteiger partial charge on any atom is 0.416 e. The van der Waals surface area contributed by atoms with Gasteiger partial charge in [0.15, 0.2) is 0 Å². The summed E-state index contributed by atoms with van der Waals surface area (Å²) in [5.74, 6) is 0. The molecule has 0 amide bonds. The maximum absolute atomic E-state index is 12.7. The smallest absolute Gasteiger partial charge is 0.381 e. The van der Waals surface area contributed by atoms with Crippen LogP contribution in [0.15, 0.2) is 46.9 Å². The molecule has 0 spiro atoms. The second kappa shape index (κ2) is 6.06. The zero-order valence-electron chi connectivity index (χ0n) is 10.1. The summed E-state index contributed by atoms with van der Waals surface area (Å²) in [5, 5.41) is 3.52. The lowest BCUT2D eigenvalue weighted by Crippen LogP contribution is -2.07. The molecule has 2 aromatic carbocycles. The third kappa shape index (κ3) is 3.90. The van der Waals surface area contributed by atoms with Gasteiger partial charge in [-0.05, 0) is 29.8 Å². The SMILES string of the molecule is FC(F)(F)c1cc(Br)cc(NCc2ccccc2Cl)c1. The highest BCUT2D eigenvalue weighted by atomic mass is 79.9. The number of benzene rings is 2. The van der Waals surface area contributed by atoms with Crippen LogP contribution in [0.3, 0.4) is 0 Å². The van der Waals surface area contributed by atoms with Gasteiger partial charge in [-0.15, -0.1) is 0 Å². The molecule has 0 heterocycles. The van der Waals surface area contributed by atoms with Crippen molar-refractivity contribution < 1.29 is 13.2 Å². The first-order valence-corrected chi connectivity index (χ1v) is 6.88. The molecule has 0 fully saturated rings. The van der Waals surface area contributed by atoms with Gasteiger partial charge in [0.1, 0.15) is 0 Å². The van der Waals surface area contributed by atoms with Gasteiger partial charge < -0.3 is 5.32 Å². The standard InChI is InChI=1S/C14H10BrClF3N/c15-11-5-10(14(17,18)19)6-12(7-11)20-8-9-3-1-2-4-13(9)16/h1-7,20H,8H2. The first-order chi connectivity index (χ1) is 9.36. The van der Waals surface area contributed by atoms with E-state index in [1.807, 2.05) is 12.1 Å². The van der Waals surface area contributed by atoms with Gasteiger partial charge in [-0.25, -0.2) is 0 Å². The van der Waals surface area contributed by atoms with Crippen molar-refractivity contribution in [2.24, 2.45) is 0 Å². The normalized spacial score (nSPS) is 11.4. The first kappa shape index (κ1) is 15.2. The van der Waals surface area contributed by atoms with Crippen LogP contribution in [0.4, 0.5) is 18.9 Å². The van der Waals surface area contributed by atoms with Crippen molar-refractivity contribution in [1.82, 2.24) is 0 Å². The van der Waals surface area contributed by atoms with Crippen LogP contribution < -0.4 is 5.32 Å². The lowest BCUT2D eigenvalue weighted by atomic mass is 10.1. The zero-order valence-corrected chi connectivity index (χ0v) is 12.5. The molecule has 0 aliphatic carbocycles. The van der Waals surface area contributed by atoms with Crippen molar-refractivity contribution >= 4 is 33.2 Å². The van der Waals surface area contributed by atoms with E-state index in [1.165, 1.54) is 0 Å². The second-order valence-corrected chi connectivity index (χ2v) is 5.49. The predicted molar refractivity (Wildman–Crippen MR) is 77.9 cm³/mol. The molecule has 0 aliphatic heterocycles. The predicted octanol–water partition coefficient (Wildman–Crippen LogP) is 5.73. The molecular formula is C14H10BrClF3N. The molecule has 106 valence electrons. The van der Waals surface area contributed by atoms with Crippen molar-refractivity contribution in [2.45, 2.75) is 12.7 Å². The quantitative estimate of drug-likeness (QED) is 0.733. The molecule has 2 aromatic rings. The first-order valence-electron chi connectivity index (χ1n) is 5.71. The number of hydrogen-bond acceptors (Lipinski definition) is 1. The van der Waals surface area contributed by atoms with Gasteiger partial charge in [0, 0.05) is 21.7 Å². The molecule has 20 heavy (non-hydrogen) atoms. The Labute approximate surface area is 127 Å². The monoisotopic (exact) mass is 363 g/mol. The molecule has 0 saturated carbocycles. The Morgan fingerprint density at radius 1 is 1.10 bits per heavy atom. The van der Waals surface area contributed by atoms with Crippen LogP contribution in [0.2, 0.25) is 5.02 Å². The van der Waals surface area contributed by atoms with E-state index in [9.17, 15) is 13.2 Å². The van der Waals surface area contributed by atoms with Crippen LogP contribution in [0.5, 0.6) is 0 Å². The van der Waals surface area contributed by atoms with Gasteiger partial charge >= 0.3 is 6.18 Å². The summed E-state index contributed by atoms with van der Waals surface area (Å²) in [6.07, 6.45) is -4.37. The van der Waals surface area contributed by atoms with Crippen molar-refractivity contribution in [1.29, 1.82) is 0 Å². The molecule has 0 bridgehead atoms. The number of hydrogen-bond donors (Lipinski definition) is 1. The fraction of sp³-hybridized carbons (Fsp3) is 0.143. The number of rotatable bonds is 3. The molecule has 1 N–H and O–H groups in total. The number of alkyl halides is 3. The highest BCUT2D eigenvalue weighted by molar-refractivity contribution is 9.10. The van der Waals surface area contributed by atoms with Gasteiger partial charge in [0.2, 0.25) is 0 Å². The average molecular weight is 365 g/mol. The molecule has 0 unspecified atom stereocenters. The summed E-state index contributed by atoms with van der Waals surface area (Å²) in [6.45, 7) is 0.355. The van der Waals surface area contributed by atoms with Crippen molar-refractivity contribution in [2.75, 3.05) is 5.32 Å². The lowest BCUT2D eigenvalue weighted by Gasteiger charge is -2.12. The fourth-order valence-corrected chi connectivity index (χ4v) is 2.39. The highest BCUT2D eigenvalue weighted by Gasteiger charge is 2.31. The van der Waals surface area contributed by atoms with E-state index in [0.29, 0.717) is 21.7 Å². The molecule has 2 rings (SSSR count). The van der Waals surface area contributed by atoms with E-state index >= 15 is 0 Å². The van der Waals surface area contributed by atoms with Crippen LogP contribution in [0, 0.1) is 0 Å². The Kier molecular flexibility index (Phi) is 4.60. The summed E-state index contributed by atoms with van der Waals surface area (Å²) < 4.78 is 38.5. The van der Waals surface area contributed by atoms with E-state index in [1.54, 1.807) is 18.2 Å². The van der Waals surface area contributed by atoms with E-state index < -0.39 is 11.7 Å². The molecule has 0 atom stereocenters. The third-order valence-corrected chi connectivity index (χ3v) is 3.49. The minimum absolute atomic E-state index is 0.355. The van der Waals surface area contributed by atoms with Gasteiger partial charge in [0.25, 0.3) is 0 Å². The average Bonchev–Trinajstić information content (AvgIpc) is 2.36. The number of nitrogens with one attached hydrogen (secondary N) is 1. The van der Waals surface area contributed by atoms with Crippen molar-refractivity contribution in [3.63, 3.8) is 0 Å². The molecule has 1 nitrogen and oxygen atoms in total. The van der Waals surface area contributed by atoms with Crippen LogP contribution in [-0.4, -0.2) is 0 Å². The summed E-state index contributed by atoms with van der Waals surface area (Å²) in [4.78, 5) is 0. The van der Waals surface area contributed by atoms with Gasteiger partial charge in [-0.2, -0.15) is 13.2 Å². The zero-order chi connectivity index (χ0) is 14.8. The Balaban J connectivity index is 2.18. The summed E-state index contributed by atoms with van der Waals surface area (Å²) >= 11 is 9.08. The van der Waals surface area contributed by atoms with Crippen LogP contribution >= 0.6 is 27.5 Å². The molecule has 0 aliphatic rings.